The lowest BCUT2D eigenvalue weighted by atomic mass is 9.93. The van der Waals surface area contributed by atoms with Gasteiger partial charge in [-0.05, 0) is 78.2 Å². The van der Waals surface area contributed by atoms with Crippen molar-refractivity contribution < 1.29 is 28.6 Å². The number of carbonyl (C=O) groups is 2. The van der Waals surface area contributed by atoms with Crippen molar-refractivity contribution in [2.24, 2.45) is 0 Å². The lowest BCUT2D eigenvalue weighted by molar-refractivity contribution is -0.140. The number of ether oxygens (including phenoxy) is 2. The molecule has 1 aliphatic carbocycles. The number of amides is 1. The van der Waals surface area contributed by atoms with E-state index in [4.69, 9.17) is 21.1 Å². The van der Waals surface area contributed by atoms with Gasteiger partial charge in [0, 0.05) is 21.0 Å². The third-order valence-corrected chi connectivity index (χ3v) is 8.30. The van der Waals surface area contributed by atoms with Gasteiger partial charge in [0.05, 0.1) is 12.5 Å². The summed E-state index contributed by atoms with van der Waals surface area (Å²) in [7, 11) is 1.59. The monoisotopic (exact) mass is 591 g/mol. The van der Waals surface area contributed by atoms with Crippen LogP contribution in [0.4, 0.5) is 9.18 Å². The molecule has 41 heavy (non-hydrogen) atoms. The number of halogens is 2. The highest BCUT2D eigenvalue weighted by atomic mass is 35.5. The number of nitrogens with one attached hydrogen (secondary N) is 1. The molecule has 0 bridgehead atoms. The fraction of sp³-hybridized carbons (Fsp3) is 0.188. The Morgan fingerprint density at radius 3 is 2.32 bits per heavy atom. The zero-order valence-corrected chi connectivity index (χ0v) is 23.9. The first kappa shape index (κ1) is 28.5. The number of hydrogen-bond donors (Lipinski definition) is 2. The van der Waals surface area contributed by atoms with Gasteiger partial charge in [0.15, 0.2) is 0 Å². The van der Waals surface area contributed by atoms with Crippen LogP contribution in [-0.2, 0) is 14.9 Å². The molecule has 0 heterocycles. The van der Waals surface area contributed by atoms with E-state index in [1.807, 2.05) is 48.5 Å². The Morgan fingerprint density at radius 1 is 0.976 bits per heavy atom. The molecule has 0 radical (unpaired) electrons. The van der Waals surface area contributed by atoms with E-state index < -0.39 is 29.4 Å². The van der Waals surface area contributed by atoms with Crippen LogP contribution in [0.3, 0.4) is 0 Å². The van der Waals surface area contributed by atoms with E-state index in [1.54, 1.807) is 44.4 Å². The fourth-order valence-electron chi connectivity index (χ4n) is 4.79. The Bertz CT molecular complexity index is 1610. The van der Waals surface area contributed by atoms with Crippen LogP contribution in [0, 0.1) is 5.82 Å². The molecule has 0 saturated heterocycles. The lowest BCUT2D eigenvalue weighted by Gasteiger charge is -2.16. The molecular weight excluding hydrogens is 565 g/mol. The standard InChI is InChI=1S/C32H27ClFNO5S/c1-19(24-5-3-4-6-27(24)34)40-31(38)35-41-29-18-23(33)12-14-26(29)21-9-13-25(28(17-21)39-2)20-7-10-22(11-8-20)32(15-16-32)30(36)37/h3-14,17-19H,15-16H2,1-2H3,(H,35,38)(H,36,37)/t19-/m1/s1. The summed E-state index contributed by atoms with van der Waals surface area (Å²) in [5, 5.41) is 10.1. The third-order valence-electron chi connectivity index (χ3n) is 7.24. The van der Waals surface area contributed by atoms with Gasteiger partial charge in [0.25, 0.3) is 0 Å². The van der Waals surface area contributed by atoms with E-state index in [1.165, 1.54) is 6.07 Å². The van der Waals surface area contributed by atoms with Gasteiger partial charge >= 0.3 is 12.1 Å². The Morgan fingerprint density at radius 2 is 1.66 bits per heavy atom. The molecule has 5 rings (SSSR count). The zero-order chi connectivity index (χ0) is 29.1. The summed E-state index contributed by atoms with van der Waals surface area (Å²) in [5.41, 5.74) is 3.73. The van der Waals surface area contributed by atoms with Crippen molar-refractivity contribution in [2.75, 3.05) is 7.11 Å². The van der Waals surface area contributed by atoms with E-state index in [9.17, 15) is 19.1 Å². The Labute approximate surface area is 246 Å². The molecule has 9 heteroatoms. The van der Waals surface area contributed by atoms with Crippen LogP contribution in [-0.4, -0.2) is 24.3 Å². The van der Waals surface area contributed by atoms with Crippen molar-refractivity contribution >= 4 is 35.6 Å². The molecule has 0 aromatic heterocycles. The van der Waals surface area contributed by atoms with Gasteiger partial charge in [-0.25, -0.2) is 9.18 Å². The van der Waals surface area contributed by atoms with Crippen LogP contribution in [0.1, 0.15) is 37.0 Å². The summed E-state index contributed by atoms with van der Waals surface area (Å²) in [6.45, 7) is 1.60. The quantitative estimate of drug-likeness (QED) is 0.190. The molecule has 0 unspecified atom stereocenters. The van der Waals surface area contributed by atoms with Gasteiger partial charge < -0.3 is 14.6 Å². The molecule has 210 valence electrons. The minimum absolute atomic E-state index is 0.284. The average molecular weight is 592 g/mol. The van der Waals surface area contributed by atoms with Crippen LogP contribution >= 0.6 is 23.5 Å². The van der Waals surface area contributed by atoms with Crippen molar-refractivity contribution in [3.63, 3.8) is 0 Å². The summed E-state index contributed by atoms with van der Waals surface area (Å²) in [5.74, 6) is -0.601. The van der Waals surface area contributed by atoms with Crippen LogP contribution in [0.5, 0.6) is 5.75 Å². The maximum atomic E-state index is 14.1. The van der Waals surface area contributed by atoms with Crippen molar-refractivity contribution in [3.8, 4) is 28.0 Å². The number of carboxylic acids is 1. The Kier molecular flexibility index (Phi) is 8.24. The third kappa shape index (κ3) is 6.04. The van der Waals surface area contributed by atoms with Crippen LogP contribution < -0.4 is 9.46 Å². The molecule has 2 N–H and O–H groups in total. The van der Waals surface area contributed by atoms with Crippen molar-refractivity contribution in [2.45, 2.75) is 36.2 Å². The maximum Gasteiger partial charge on any atom is 0.418 e. The van der Waals surface area contributed by atoms with E-state index in [2.05, 4.69) is 4.72 Å². The van der Waals surface area contributed by atoms with Gasteiger partial charge in [-0.15, -0.1) is 0 Å². The summed E-state index contributed by atoms with van der Waals surface area (Å²) >= 11 is 7.31. The second-order valence-electron chi connectivity index (χ2n) is 9.79. The number of hydrogen-bond acceptors (Lipinski definition) is 5. The normalized spacial score (nSPS) is 14.1. The largest absolute Gasteiger partial charge is 0.496 e. The summed E-state index contributed by atoms with van der Waals surface area (Å²) in [6.07, 6.45) is -0.194. The second kappa shape index (κ2) is 11.8. The maximum absolute atomic E-state index is 14.1. The number of carbonyl (C=O) groups excluding carboxylic acids is 1. The number of aliphatic carboxylic acids is 1. The molecule has 1 saturated carbocycles. The molecule has 6 nitrogen and oxygen atoms in total. The fourth-order valence-corrected chi connectivity index (χ4v) is 5.75. The molecule has 1 aliphatic rings. The topological polar surface area (TPSA) is 84.9 Å². The van der Waals surface area contributed by atoms with Gasteiger partial charge in [-0.3, -0.25) is 9.52 Å². The Balaban J connectivity index is 1.34. The summed E-state index contributed by atoms with van der Waals surface area (Å²) in [6, 6.07) is 24.8. The number of benzene rings is 4. The molecule has 0 spiro atoms. The molecule has 1 fully saturated rings. The lowest BCUT2D eigenvalue weighted by Crippen LogP contribution is -2.19. The first-order valence-corrected chi connectivity index (χ1v) is 14.1. The van der Waals surface area contributed by atoms with E-state index in [0.717, 1.165) is 39.8 Å². The van der Waals surface area contributed by atoms with Crippen molar-refractivity contribution in [3.05, 3.63) is 107 Å². The molecule has 1 amide bonds. The van der Waals surface area contributed by atoms with Crippen molar-refractivity contribution in [1.29, 1.82) is 0 Å². The highest BCUT2D eigenvalue weighted by molar-refractivity contribution is 7.98. The van der Waals surface area contributed by atoms with Crippen LogP contribution in [0.25, 0.3) is 22.3 Å². The first-order chi connectivity index (χ1) is 19.7. The molecule has 1 atom stereocenters. The SMILES string of the molecule is COc1cc(-c2ccc(Cl)cc2SNC(=O)O[C@H](C)c2ccccc2F)ccc1-c1ccc(C2(C(=O)O)CC2)cc1. The molecule has 4 aromatic rings. The Hall–Kier alpha value is -4.01. The zero-order valence-electron chi connectivity index (χ0n) is 22.3. The minimum Gasteiger partial charge on any atom is -0.496 e. The van der Waals surface area contributed by atoms with Crippen molar-refractivity contribution in [1.82, 2.24) is 4.72 Å². The number of carboxylic acid groups (broad SMARTS) is 1. The van der Waals surface area contributed by atoms with Gasteiger partial charge in [0.2, 0.25) is 0 Å². The number of methoxy groups -OCH3 is 1. The van der Waals surface area contributed by atoms with E-state index in [0.29, 0.717) is 28.5 Å². The summed E-state index contributed by atoms with van der Waals surface area (Å²) in [4.78, 5) is 24.9. The van der Waals surface area contributed by atoms with Crippen LogP contribution in [0.2, 0.25) is 5.02 Å². The highest BCUT2D eigenvalue weighted by Gasteiger charge is 2.51. The predicted octanol–water partition coefficient (Wildman–Crippen LogP) is 8.43. The smallest absolute Gasteiger partial charge is 0.418 e. The summed E-state index contributed by atoms with van der Waals surface area (Å²) < 4.78 is 27.8. The van der Waals surface area contributed by atoms with E-state index >= 15 is 0 Å². The number of rotatable bonds is 9. The van der Waals surface area contributed by atoms with E-state index in [-0.39, 0.29) is 5.56 Å². The molecule has 4 aromatic carbocycles. The average Bonchev–Trinajstić information content (AvgIpc) is 3.79. The molecular formula is C32H27ClFNO5S. The van der Waals surface area contributed by atoms with Crippen LogP contribution in [0.15, 0.2) is 89.8 Å². The predicted molar refractivity (Wildman–Crippen MR) is 158 cm³/mol. The second-order valence-corrected chi connectivity index (χ2v) is 11.1. The van der Waals surface area contributed by atoms with Gasteiger partial charge in [-0.2, -0.15) is 0 Å². The van der Waals surface area contributed by atoms with Gasteiger partial charge in [0.1, 0.15) is 17.7 Å². The molecule has 0 aliphatic heterocycles. The highest BCUT2D eigenvalue weighted by Crippen LogP contribution is 2.49. The van der Waals surface area contributed by atoms with Gasteiger partial charge in [-0.1, -0.05) is 72.3 Å². The first-order valence-electron chi connectivity index (χ1n) is 12.9. The minimum atomic E-state index is -0.786.